The molecule has 0 unspecified atom stereocenters. The third-order valence-corrected chi connectivity index (χ3v) is 10.3. The molecule has 0 aliphatic heterocycles. The Morgan fingerprint density at radius 3 is 1.40 bits per heavy atom. The lowest BCUT2D eigenvalue weighted by molar-refractivity contribution is 0.665. The zero-order chi connectivity index (χ0) is 34.2. The van der Waals surface area contributed by atoms with Crippen molar-refractivity contribution in [2.75, 3.05) is 4.90 Å². The van der Waals surface area contributed by atoms with Gasteiger partial charge in [-0.3, -0.25) is 0 Å². The number of anilines is 3. The molecule has 0 aliphatic rings. The Bertz CT molecular complexity index is 3090. The number of hydrogen-bond donors (Lipinski definition) is 0. The first-order valence-corrected chi connectivity index (χ1v) is 17.5. The molecule has 11 aromatic rings. The molecule has 11 rings (SSSR count). The third-order valence-electron chi connectivity index (χ3n) is 10.3. The predicted octanol–water partition coefficient (Wildman–Crippen LogP) is 14.2. The van der Waals surface area contributed by atoms with Crippen molar-refractivity contribution < 1.29 is 13.3 Å². The van der Waals surface area contributed by atoms with Gasteiger partial charge in [-0.1, -0.05) is 133 Å². The van der Waals surface area contributed by atoms with Gasteiger partial charge < -0.3 is 18.2 Å². The lowest BCUT2D eigenvalue weighted by Crippen LogP contribution is -2.09. The molecule has 8 aromatic carbocycles. The van der Waals surface area contributed by atoms with E-state index < -0.39 is 0 Å². The maximum absolute atomic E-state index is 6.98. The summed E-state index contributed by atoms with van der Waals surface area (Å²) < 4.78 is 20.2. The summed E-state index contributed by atoms with van der Waals surface area (Å²) in [4.78, 5) is 2.26. The van der Waals surface area contributed by atoms with Gasteiger partial charge in [0, 0.05) is 60.4 Å². The number of benzene rings is 8. The van der Waals surface area contributed by atoms with Crippen LogP contribution in [0, 0.1) is 0 Å². The molecule has 4 heteroatoms. The van der Waals surface area contributed by atoms with Crippen LogP contribution in [0.3, 0.4) is 0 Å². The zero-order valence-corrected chi connectivity index (χ0v) is 27.9. The van der Waals surface area contributed by atoms with Gasteiger partial charge >= 0.3 is 0 Å². The molecule has 0 N–H and O–H groups in total. The lowest BCUT2D eigenvalue weighted by Gasteiger charge is -2.25. The van der Waals surface area contributed by atoms with Crippen molar-refractivity contribution in [3.63, 3.8) is 0 Å². The second-order valence-corrected chi connectivity index (χ2v) is 13.2. The first kappa shape index (κ1) is 28.8. The molecule has 3 heterocycles. The van der Waals surface area contributed by atoms with E-state index >= 15 is 0 Å². The van der Waals surface area contributed by atoms with Crippen LogP contribution in [0.2, 0.25) is 0 Å². The Morgan fingerprint density at radius 2 is 0.731 bits per heavy atom. The molecule has 0 aliphatic carbocycles. The highest BCUT2D eigenvalue weighted by Crippen LogP contribution is 2.47. The highest BCUT2D eigenvalue weighted by molar-refractivity contribution is 6.20. The summed E-state index contributed by atoms with van der Waals surface area (Å²) >= 11 is 0. The average Bonchev–Trinajstić information content (AvgIpc) is 3.91. The summed E-state index contributed by atoms with van der Waals surface area (Å²) in [5.74, 6) is 0. The fourth-order valence-corrected chi connectivity index (χ4v) is 8.02. The van der Waals surface area contributed by atoms with Crippen molar-refractivity contribution in [3.8, 4) is 22.3 Å². The number of nitrogens with zero attached hydrogens (tertiary/aromatic N) is 1. The molecule has 0 bridgehead atoms. The molecule has 0 atom stereocenters. The molecule has 4 nitrogen and oxygen atoms in total. The van der Waals surface area contributed by atoms with Gasteiger partial charge in [-0.05, 0) is 48.0 Å². The Hall–Kier alpha value is -7.04. The Labute approximate surface area is 298 Å². The van der Waals surface area contributed by atoms with E-state index in [1.165, 1.54) is 0 Å². The Kier molecular flexibility index (Phi) is 6.22. The molecule has 244 valence electrons. The van der Waals surface area contributed by atoms with Crippen molar-refractivity contribution in [3.05, 3.63) is 176 Å². The zero-order valence-electron chi connectivity index (χ0n) is 27.9. The van der Waals surface area contributed by atoms with E-state index in [9.17, 15) is 0 Å². The average molecular weight is 668 g/mol. The van der Waals surface area contributed by atoms with Gasteiger partial charge in [-0.25, -0.2) is 0 Å². The Morgan fingerprint density at radius 1 is 0.288 bits per heavy atom. The van der Waals surface area contributed by atoms with Gasteiger partial charge in [-0.15, -0.1) is 0 Å². The molecule has 3 aromatic heterocycles. The van der Waals surface area contributed by atoms with Gasteiger partial charge in [0.25, 0.3) is 0 Å². The monoisotopic (exact) mass is 667 g/mol. The molecule has 0 saturated heterocycles. The minimum absolute atomic E-state index is 0.825. The smallest absolute Gasteiger partial charge is 0.159 e. The highest BCUT2D eigenvalue weighted by Gasteiger charge is 2.23. The first-order valence-electron chi connectivity index (χ1n) is 17.5. The van der Waals surface area contributed by atoms with Crippen LogP contribution in [0.5, 0.6) is 0 Å². The first-order chi connectivity index (χ1) is 25.8. The minimum Gasteiger partial charge on any atom is -0.455 e. The van der Waals surface area contributed by atoms with Crippen LogP contribution < -0.4 is 4.90 Å². The molecule has 52 heavy (non-hydrogen) atoms. The highest BCUT2D eigenvalue weighted by atomic mass is 16.3. The number of rotatable bonds is 5. The second-order valence-electron chi connectivity index (χ2n) is 13.2. The van der Waals surface area contributed by atoms with Gasteiger partial charge in [0.15, 0.2) is 5.58 Å². The summed E-state index contributed by atoms with van der Waals surface area (Å²) in [5.41, 5.74) is 12.3. The topological polar surface area (TPSA) is 42.7 Å². The van der Waals surface area contributed by atoms with Crippen LogP contribution in [0.1, 0.15) is 0 Å². The van der Waals surface area contributed by atoms with E-state index in [1.54, 1.807) is 0 Å². The minimum atomic E-state index is 0.825. The summed E-state index contributed by atoms with van der Waals surface area (Å²) in [6.45, 7) is 0. The molecular weight excluding hydrogens is 639 g/mol. The van der Waals surface area contributed by atoms with Crippen molar-refractivity contribution in [2.24, 2.45) is 0 Å². The molecule has 0 radical (unpaired) electrons. The summed E-state index contributed by atoms with van der Waals surface area (Å²) in [7, 11) is 0. The van der Waals surface area contributed by atoms with E-state index in [0.717, 1.165) is 105 Å². The van der Waals surface area contributed by atoms with Crippen LogP contribution >= 0.6 is 0 Å². The third kappa shape index (κ3) is 4.21. The van der Waals surface area contributed by atoms with Gasteiger partial charge in [0.2, 0.25) is 0 Å². The van der Waals surface area contributed by atoms with Crippen LogP contribution in [-0.2, 0) is 0 Å². The fourth-order valence-electron chi connectivity index (χ4n) is 8.02. The van der Waals surface area contributed by atoms with Crippen molar-refractivity contribution in [1.29, 1.82) is 0 Å². The summed E-state index contributed by atoms with van der Waals surface area (Å²) in [6, 6.07) is 61.0. The second kappa shape index (κ2) is 11.2. The van der Waals surface area contributed by atoms with E-state index in [0.29, 0.717) is 0 Å². The predicted molar refractivity (Wildman–Crippen MR) is 214 cm³/mol. The molecule has 0 spiro atoms. The quantitative estimate of drug-likeness (QED) is 0.183. The largest absolute Gasteiger partial charge is 0.455 e. The van der Waals surface area contributed by atoms with E-state index in [2.05, 4.69) is 157 Å². The van der Waals surface area contributed by atoms with E-state index in [1.807, 2.05) is 24.3 Å². The van der Waals surface area contributed by atoms with Gasteiger partial charge in [0.1, 0.15) is 27.9 Å². The van der Waals surface area contributed by atoms with Crippen LogP contribution in [0.4, 0.5) is 17.1 Å². The van der Waals surface area contributed by atoms with Crippen LogP contribution in [0.15, 0.2) is 189 Å². The van der Waals surface area contributed by atoms with Crippen LogP contribution in [0.25, 0.3) is 88.1 Å². The summed E-state index contributed by atoms with van der Waals surface area (Å²) in [5, 5.41) is 6.44. The molecule has 0 saturated carbocycles. The van der Waals surface area contributed by atoms with Crippen molar-refractivity contribution in [1.82, 2.24) is 0 Å². The van der Waals surface area contributed by atoms with Gasteiger partial charge in [-0.2, -0.15) is 0 Å². The van der Waals surface area contributed by atoms with Crippen molar-refractivity contribution >= 4 is 82.9 Å². The van der Waals surface area contributed by atoms with Crippen molar-refractivity contribution in [2.45, 2.75) is 0 Å². The van der Waals surface area contributed by atoms with E-state index in [-0.39, 0.29) is 0 Å². The lowest BCUT2D eigenvalue weighted by atomic mass is 9.96. The van der Waals surface area contributed by atoms with Gasteiger partial charge in [0.05, 0.1) is 5.69 Å². The van der Waals surface area contributed by atoms with Crippen LogP contribution in [-0.4, -0.2) is 0 Å². The fraction of sp³-hybridized carbons (Fsp3) is 0. The maximum Gasteiger partial charge on any atom is 0.159 e. The normalized spacial score (nSPS) is 11.8. The standard InChI is InChI=1S/C48H29NO3/c1-3-14-30(15-4-1)49(31-16-5-2-6-17-31)41-27-12-26-40-44-33(19-13-29-43(44)51-48(40)41)35-21-10-23-38-39-25-11-24-37(47(39)52-46(35)38)36-22-9-20-34-32-18-7-8-28-42(32)50-45(34)36/h1-29H. The number of fused-ring (bicyclic) bond motifs is 9. The SMILES string of the molecule is c1ccc(N(c2ccccc2)c2cccc3c2oc2cccc(-c4cccc5c4oc4c(-c6cccc7c6oc6ccccc67)cccc45)c23)cc1. The number of hydrogen-bond acceptors (Lipinski definition) is 4. The Balaban J connectivity index is 1.14. The van der Waals surface area contributed by atoms with E-state index in [4.69, 9.17) is 13.3 Å². The molecule has 0 fully saturated rings. The molecular formula is C48H29NO3. The summed E-state index contributed by atoms with van der Waals surface area (Å²) in [6.07, 6.45) is 0. The molecule has 0 amide bonds. The maximum atomic E-state index is 6.98. The number of furan rings is 3. The number of para-hydroxylation sites is 7.